The molecule has 21 heavy (non-hydrogen) atoms. The van der Waals surface area contributed by atoms with Crippen LogP contribution in [0.3, 0.4) is 0 Å². The number of ether oxygens (including phenoxy) is 1. The van der Waals surface area contributed by atoms with E-state index >= 15 is 0 Å². The first-order valence-corrected chi connectivity index (χ1v) is 7.56. The summed E-state index contributed by atoms with van der Waals surface area (Å²) >= 11 is 1.19. The van der Waals surface area contributed by atoms with Gasteiger partial charge in [0.2, 0.25) is 0 Å². The number of nitrogens with zero attached hydrogens (tertiary/aromatic N) is 1. The predicted molar refractivity (Wildman–Crippen MR) is 85.1 cm³/mol. The van der Waals surface area contributed by atoms with E-state index in [2.05, 4.69) is 19.2 Å². The molecule has 1 heterocycles. The molecule has 0 saturated carbocycles. The topological polar surface area (TPSA) is 64.4 Å². The van der Waals surface area contributed by atoms with E-state index in [1.165, 1.54) is 17.4 Å². The van der Waals surface area contributed by atoms with E-state index in [9.17, 15) is 10.1 Å². The molecule has 0 aliphatic heterocycles. The number of benzene rings is 1. The molecule has 0 spiro atoms. The summed E-state index contributed by atoms with van der Waals surface area (Å²) in [6.45, 7) is 5.45. The van der Waals surface area contributed by atoms with E-state index in [-0.39, 0.29) is 9.92 Å². The first-order valence-electron chi connectivity index (χ1n) is 6.74. The Bertz CT molecular complexity index is 610. The Morgan fingerprint density at radius 3 is 2.81 bits per heavy atom. The fourth-order valence-electron chi connectivity index (χ4n) is 1.71. The molecular formula is C15H18N2O3S. The first-order chi connectivity index (χ1) is 10.0. The summed E-state index contributed by atoms with van der Waals surface area (Å²) in [6.07, 6.45) is 0. The highest BCUT2D eigenvalue weighted by molar-refractivity contribution is 7.15. The van der Waals surface area contributed by atoms with Crippen LogP contribution in [0.25, 0.3) is 0 Å². The van der Waals surface area contributed by atoms with Crippen molar-refractivity contribution in [2.45, 2.75) is 20.4 Å². The monoisotopic (exact) mass is 306 g/mol. The van der Waals surface area contributed by atoms with E-state index < -0.39 is 0 Å². The van der Waals surface area contributed by atoms with Crippen LogP contribution in [-0.2, 0) is 6.54 Å². The lowest BCUT2D eigenvalue weighted by molar-refractivity contribution is -0.380. The summed E-state index contributed by atoms with van der Waals surface area (Å²) in [5, 5.41) is 14.1. The molecule has 0 atom stereocenters. The van der Waals surface area contributed by atoms with Gasteiger partial charge in [-0.25, -0.2) is 0 Å². The normalized spacial score (nSPS) is 10.6. The van der Waals surface area contributed by atoms with Gasteiger partial charge in [0.25, 0.3) is 0 Å². The van der Waals surface area contributed by atoms with Crippen LogP contribution < -0.4 is 10.1 Å². The van der Waals surface area contributed by atoms with Gasteiger partial charge in [0.1, 0.15) is 5.75 Å². The maximum absolute atomic E-state index is 10.6. The van der Waals surface area contributed by atoms with Crippen molar-refractivity contribution < 1.29 is 9.66 Å². The van der Waals surface area contributed by atoms with Crippen LogP contribution in [-0.4, -0.2) is 11.5 Å². The first kappa shape index (κ1) is 15.3. The standard InChI is InChI=1S/C15H18N2O3S/c1-11(2)10-20-13-5-3-4-12(8-13)16-9-14-6-7-15(21-14)17(18)19/h3-8,11,16H,9-10H2,1-2H3. The van der Waals surface area contributed by atoms with Gasteiger partial charge in [0.15, 0.2) is 0 Å². The van der Waals surface area contributed by atoms with Crippen LogP contribution in [0, 0.1) is 16.0 Å². The number of thiophene rings is 1. The zero-order valence-electron chi connectivity index (χ0n) is 12.0. The van der Waals surface area contributed by atoms with Crippen molar-refractivity contribution in [2.24, 2.45) is 5.92 Å². The minimum atomic E-state index is -0.367. The van der Waals surface area contributed by atoms with Crippen molar-refractivity contribution >= 4 is 22.0 Å². The van der Waals surface area contributed by atoms with Gasteiger partial charge in [-0.15, -0.1) is 0 Å². The quantitative estimate of drug-likeness (QED) is 0.611. The average Bonchev–Trinajstić information content (AvgIpc) is 2.92. The van der Waals surface area contributed by atoms with Gasteiger partial charge in [-0.2, -0.15) is 0 Å². The third-order valence-corrected chi connectivity index (χ3v) is 3.75. The molecule has 5 nitrogen and oxygen atoms in total. The molecule has 0 bridgehead atoms. The van der Waals surface area contributed by atoms with Gasteiger partial charge in [-0.3, -0.25) is 10.1 Å². The van der Waals surface area contributed by atoms with Crippen molar-refractivity contribution in [1.82, 2.24) is 0 Å². The lowest BCUT2D eigenvalue weighted by Crippen LogP contribution is -2.05. The molecule has 0 radical (unpaired) electrons. The molecule has 6 heteroatoms. The molecular weight excluding hydrogens is 288 g/mol. The number of rotatable bonds is 7. The minimum absolute atomic E-state index is 0.167. The zero-order chi connectivity index (χ0) is 15.2. The molecule has 1 N–H and O–H groups in total. The largest absolute Gasteiger partial charge is 0.493 e. The van der Waals surface area contributed by atoms with Gasteiger partial charge in [0, 0.05) is 29.2 Å². The Morgan fingerprint density at radius 1 is 1.33 bits per heavy atom. The number of anilines is 1. The SMILES string of the molecule is CC(C)COc1cccc(NCc2ccc([N+](=O)[O-])s2)c1. The van der Waals surface area contributed by atoms with E-state index in [1.807, 2.05) is 24.3 Å². The lowest BCUT2D eigenvalue weighted by Gasteiger charge is -2.10. The van der Waals surface area contributed by atoms with Crippen molar-refractivity contribution in [2.75, 3.05) is 11.9 Å². The number of hydrogen-bond acceptors (Lipinski definition) is 5. The van der Waals surface area contributed by atoms with E-state index in [0.717, 1.165) is 16.3 Å². The van der Waals surface area contributed by atoms with Crippen molar-refractivity contribution in [3.8, 4) is 5.75 Å². The molecule has 1 aromatic carbocycles. The summed E-state index contributed by atoms with van der Waals surface area (Å²) in [6, 6.07) is 11.0. The van der Waals surface area contributed by atoms with Crippen molar-refractivity contribution in [3.63, 3.8) is 0 Å². The third kappa shape index (κ3) is 4.75. The van der Waals surface area contributed by atoms with Crippen molar-refractivity contribution in [3.05, 3.63) is 51.4 Å². The second-order valence-corrected chi connectivity index (χ2v) is 6.23. The fourth-order valence-corrected chi connectivity index (χ4v) is 2.47. The second-order valence-electron chi connectivity index (χ2n) is 5.08. The molecule has 112 valence electrons. The van der Waals surface area contributed by atoms with Crippen LogP contribution in [0.4, 0.5) is 10.7 Å². The molecule has 0 unspecified atom stereocenters. The summed E-state index contributed by atoms with van der Waals surface area (Å²) in [4.78, 5) is 11.2. The molecule has 1 aromatic heterocycles. The second kappa shape index (κ2) is 7.08. The summed E-state index contributed by atoms with van der Waals surface area (Å²) in [5.74, 6) is 1.30. The van der Waals surface area contributed by atoms with E-state index in [1.54, 1.807) is 6.07 Å². The smallest absolute Gasteiger partial charge is 0.324 e. The summed E-state index contributed by atoms with van der Waals surface area (Å²) in [7, 11) is 0. The number of hydrogen-bond donors (Lipinski definition) is 1. The number of nitro groups is 1. The molecule has 0 aliphatic rings. The molecule has 2 rings (SSSR count). The summed E-state index contributed by atoms with van der Waals surface area (Å²) < 4.78 is 5.67. The van der Waals surface area contributed by atoms with E-state index in [4.69, 9.17) is 4.74 Å². The highest BCUT2D eigenvalue weighted by Crippen LogP contribution is 2.25. The molecule has 0 aliphatic carbocycles. The minimum Gasteiger partial charge on any atom is -0.493 e. The van der Waals surface area contributed by atoms with Crippen LogP contribution in [0.2, 0.25) is 0 Å². The van der Waals surface area contributed by atoms with Gasteiger partial charge < -0.3 is 10.1 Å². The number of nitrogens with one attached hydrogen (secondary N) is 1. The van der Waals surface area contributed by atoms with Crippen LogP contribution in [0.5, 0.6) is 5.75 Å². The maximum Gasteiger partial charge on any atom is 0.324 e. The average molecular weight is 306 g/mol. The molecule has 2 aromatic rings. The fraction of sp³-hybridized carbons (Fsp3) is 0.333. The zero-order valence-corrected chi connectivity index (χ0v) is 12.9. The predicted octanol–water partition coefficient (Wildman–Crippen LogP) is 4.30. The highest BCUT2D eigenvalue weighted by atomic mass is 32.1. The molecule has 0 saturated heterocycles. The highest BCUT2D eigenvalue weighted by Gasteiger charge is 2.09. The van der Waals surface area contributed by atoms with Gasteiger partial charge in [-0.1, -0.05) is 31.3 Å². The summed E-state index contributed by atoms with van der Waals surface area (Å²) in [5.41, 5.74) is 0.937. The van der Waals surface area contributed by atoms with Gasteiger partial charge in [-0.05, 0) is 24.1 Å². The Kier molecular flexibility index (Phi) is 5.16. The van der Waals surface area contributed by atoms with Gasteiger partial charge >= 0.3 is 5.00 Å². The molecule has 0 fully saturated rings. The molecule has 0 amide bonds. The van der Waals surface area contributed by atoms with Crippen LogP contribution >= 0.6 is 11.3 Å². The Labute approximate surface area is 127 Å². The Balaban J connectivity index is 1.93. The Morgan fingerprint density at radius 2 is 2.14 bits per heavy atom. The maximum atomic E-state index is 10.6. The third-order valence-electron chi connectivity index (χ3n) is 2.71. The van der Waals surface area contributed by atoms with Crippen LogP contribution in [0.1, 0.15) is 18.7 Å². The lowest BCUT2D eigenvalue weighted by atomic mass is 10.2. The van der Waals surface area contributed by atoms with Crippen molar-refractivity contribution in [1.29, 1.82) is 0 Å². The van der Waals surface area contributed by atoms with Gasteiger partial charge in [0.05, 0.1) is 11.5 Å². The van der Waals surface area contributed by atoms with E-state index in [0.29, 0.717) is 19.1 Å². The Hall–Kier alpha value is -2.08. The van der Waals surface area contributed by atoms with Crippen LogP contribution in [0.15, 0.2) is 36.4 Å².